The average Bonchev–Trinajstić information content (AvgIpc) is 3.48. The van der Waals surface area contributed by atoms with Gasteiger partial charge >= 0.3 is 0 Å². The molecule has 3 aromatic rings. The maximum Gasteiger partial charge on any atom is 0.192 e. The van der Waals surface area contributed by atoms with E-state index in [2.05, 4.69) is 28.6 Å². The fourth-order valence-electron chi connectivity index (χ4n) is 3.77. The minimum Gasteiger partial charge on any atom is -0.497 e. The number of carbonyl (C=O) groups excluding carboxylic acids is 1. The maximum atomic E-state index is 12.8. The summed E-state index contributed by atoms with van der Waals surface area (Å²) in [7, 11) is 1.65. The second-order valence-electron chi connectivity index (χ2n) is 8.27. The standard InChI is InChI=1S/C25H29N3O3S/c1-17(2)18-6-8-19(9-7-18)23(29)16-32-25-27-26-24(20-10-12-21(30-3)13-11-20)28(25)15-22-5-4-14-31-22/h6-13,17,22H,4-5,14-16H2,1-3H3. The van der Waals surface area contributed by atoms with Crippen LogP contribution in [0.5, 0.6) is 5.75 Å². The van der Waals surface area contributed by atoms with Gasteiger partial charge in [-0.05, 0) is 48.6 Å². The molecule has 1 aromatic heterocycles. The van der Waals surface area contributed by atoms with E-state index in [9.17, 15) is 4.79 Å². The van der Waals surface area contributed by atoms with Crippen LogP contribution in [0.1, 0.15) is 48.5 Å². The zero-order valence-corrected chi connectivity index (χ0v) is 19.6. The van der Waals surface area contributed by atoms with Gasteiger partial charge in [-0.2, -0.15) is 0 Å². The second-order valence-corrected chi connectivity index (χ2v) is 9.21. The van der Waals surface area contributed by atoms with E-state index in [1.807, 2.05) is 48.5 Å². The number of hydrogen-bond donors (Lipinski definition) is 0. The highest BCUT2D eigenvalue weighted by atomic mass is 32.2. The normalized spacial score (nSPS) is 15.9. The third-order valence-corrected chi connectivity index (χ3v) is 6.67. The van der Waals surface area contributed by atoms with E-state index in [1.54, 1.807) is 7.11 Å². The molecule has 32 heavy (non-hydrogen) atoms. The first-order chi connectivity index (χ1) is 15.5. The lowest BCUT2D eigenvalue weighted by molar-refractivity contribution is 0.0953. The van der Waals surface area contributed by atoms with Crippen LogP contribution in [0.2, 0.25) is 0 Å². The molecule has 1 saturated heterocycles. The molecule has 0 spiro atoms. The Morgan fingerprint density at radius 2 is 1.91 bits per heavy atom. The van der Waals surface area contributed by atoms with Crippen LogP contribution in [0.15, 0.2) is 53.7 Å². The maximum absolute atomic E-state index is 12.8. The van der Waals surface area contributed by atoms with Crippen molar-refractivity contribution in [3.8, 4) is 17.1 Å². The molecule has 1 atom stereocenters. The van der Waals surface area contributed by atoms with Crippen LogP contribution in [0.3, 0.4) is 0 Å². The Labute approximate surface area is 193 Å². The topological polar surface area (TPSA) is 66.2 Å². The van der Waals surface area contributed by atoms with Gasteiger partial charge < -0.3 is 9.47 Å². The highest BCUT2D eigenvalue weighted by Gasteiger charge is 2.22. The molecular formula is C25H29N3O3S. The first-order valence-corrected chi connectivity index (χ1v) is 12.0. The summed E-state index contributed by atoms with van der Waals surface area (Å²) in [6, 6.07) is 15.7. The average molecular weight is 452 g/mol. The van der Waals surface area contributed by atoms with Crippen LogP contribution in [0, 0.1) is 0 Å². The molecule has 0 radical (unpaired) electrons. The van der Waals surface area contributed by atoms with E-state index in [0.717, 1.165) is 47.3 Å². The molecule has 1 aliphatic rings. The molecule has 0 bridgehead atoms. The van der Waals surface area contributed by atoms with Gasteiger partial charge in [0.15, 0.2) is 16.8 Å². The molecule has 1 fully saturated rings. The third-order valence-electron chi connectivity index (χ3n) is 5.71. The molecule has 6 nitrogen and oxygen atoms in total. The largest absolute Gasteiger partial charge is 0.497 e. The predicted molar refractivity (Wildman–Crippen MR) is 127 cm³/mol. The van der Waals surface area contributed by atoms with Crippen molar-refractivity contribution >= 4 is 17.5 Å². The van der Waals surface area contributed by atoms with Crippen LogP contribution in [-0.2, 0) is 11.3 Å². The van der Waals surface area contributed by atoms with E-state index >= 15 is 0 Å². The Hall–Kier alpha value is -2.64. The SMILES string of the molecule is COc1ccc(-c2nnc(SCC(=O)c3ccc(C(C)C)cc3)n2CC2CCCO2)cc1. The van der Waals surface area contributed by atoms with Gasteiger partial charge in [0.05, 0.1) is 25.5 Å². The lowest BCUT2D eigenvalue weighted by Crippen LogP contribution is -2.17. The van der Waals surface area contributed by atoms with Crippen molar-refractivity contribution in [2.45, 2.75) is 50.4 Å². The Balaban J connectivity index is 1.52. The molecule has 2 aromatic carbocycles. The van der Waals surface area contributed by atoms with Crippen molar-refractivity contribution in [2.24, 2.45) is 0 Å². The summed E-state index contributed by atoms with van der Waals surface area (Å²) in [5, 5.41) is 9.60. The van der Waals surface area contributed by atoms with Crippen LogP contribution < -0.4 is 4.74 Å². The van der Waals surface area contributed by atoms with Crippen molar-refractivity contribution in [3.05, 3.63) is 59.7 Å². The highest BCUT2D eigenvalue weighted by molar-refractivity contribution is 7.99. The van der Waals surface area contributed by atoms with E-state index in [0.29, 0.717) is 18.2 Å². The van der Waals surface area contributed by atoms with Gasteiger partial charge in [-0.3, -0.25) is 9.36 Å². The number of nitrogens with zero attached hydrogens (tertiary/aromatic N) is 3. The van der Waals surface area contributed by atoms with Crippen molar-refractivity contribution in [3.63, 3.8) is 0 Å². The minimum absolute atomic E-state index is 0.0861. The van der Waals surface area contributed by atoms with Crippen molar-refractivity contribution in [1.82, 2.24) is 14.8 Å². The van der Waals surface area contributed by atoms with E-state index in [1.165, 1.54) is 17.3 Å². The van der Waals surface area contributed by atoms with Crippen molar-refractivity contribution in [1.29, 1.82) is 0 Å². The van der Waals surface area contributed by atoms with Gasteiger partial charge in [0.2, 0.25) is 0 Å². The monoisotopic (exact) mass is 451 g/mol. The fraction of sp³-hybridized carbons (Fsp3) is 0.400. The number of thioether (sulfide) groups is 1. The number of hydrogen-bond acceptors (Lipinski definition) is 6. The van der Waals surface area contributed by atoms with Crippen LogP contribution in [0.4, 0.5) is 0 Å². The molecule has 7 heteroatoms. The quantitative estimate of drug-likeness (QED) is 0.328. The molecule has 0 amide bonds. The summed E-state index contributed by atoms with van der Waals surface area (Å²) < 4.78 is 13.2. The lowest BCUT2D eigenvalue weighted by Gasteiger charge is -2.15. The first kappa shape index (κ1) is 22.6. The van der Waals surface area contributed by atoms with Crippen LogP contribution in [0.25, 0.3) is 11.4 Å². The minimum atomic E-state index is 0.0861. The van der Waals surface area contributed by atoms with Gasteiger partial charge in [0.25, 0.3) is 0 Å². The number of aromatic nitrogens is 3. The molecule has 1 unspecified atom stereocenters. The fourth-order valence-corrected chi connectivity index (χ4v) is 4.62. The van der Waals surface area contributed by atoms with Crippen molar-refractivity contribution in [2.75, 3.05) is 19.5 Å². The molecule has 2 heterocycles. The second kappa shape index (κ2) is 10.3. The number of Topliss-reactive ketones (excluding diaryl/α,β-unsaturated/α-hetero) is 1. The van der Waals surface area contributed by atoms with Gasteiger partial charge in [-0.15, -0.1) is 10.2 Å². The summed E-state index contributed by atoms with van der Waals surface area (Å²) in [6.07, 6.45) is 2.23. The zero-order valence-electron chi connectivity index (χ0n) is 18.8. The van der Waals surface area contributed by atoms with Crippen LogP contribution >= 0.6 is 11.8 Å². The highest BCUT2D eigenvalue weighted by Crippen LogP contribution is 2.28. The molecule has 0 N–H and O–H groups in total. The van der Waals surface area contributed by atoms with Gasteiger partial charge in [0, 0.05) is 17.7 Å². The summed E-state index contributed by atoms with van der Waals surface area (Å²) in [4.78, 5) is 12.8. The van der Waals surface area contributed by atoms with Gasteiger partial charge in [-0.1, -0.05) is 49.9 Å². The van der Waals surface area contributed by atoms with E-state index < -0.39 is 0 Å². The Morgan fingerprint density at radius 3 is 2.53 bits per heavy atom. The molecule has 168 valence electrons. The van der Waals surface area contributed by atoms with E-state index in [-0.39, 0.29) is 11.9 Å². The Bertz CT molecular complexity index is 1040. The number of carbonyl (C=O) groups is 1. The summed E-state index contributed by atoms with van der Waals surface area (Å²) in [6.45, 7) is 5.76. The molecule has 4 rings (SSSR count). The Kier molecular flexibility index (Phi) is 7.27. The Morgan fingerprint density at radius 1 is 1.16 bits per heavy atom. The number of ketones is 1. The first-order valence-electron chi connectivity index (χ1n) is 11.0. The molecule has 0 aliphatic carbocycles. The summed E-state index contributed by atoms with van der Waals surface area (Å²) in [5.74, 6) is 2.42. The number of rotatable bonds is 9. The third kappa shape index (κ3) is 5.22. The number of ether oxygens (including phenoxy) is 2. The lowest BCUT2D eigenvalue weighted by atomic mass is 10.0. The zero-order chi connectivity index (χ0) is 22.5. The number of benzene rings is 2. The van der Waals surface area contributed by atoms with Crippen molar-refractivity contribution < 1.29 is 14.3 Å². The molecule has 1 aliphatic heterocycles. The smallest absolute Gasteiger partial charge is 0.192 e. The summed E-state index contributed by atoms with van der Waals surface area (Å²) in [5.41, 5.74) is 2.91. The molecular weight excluding hydrogens is 422 g/mol. The van der Waals surface area contributed by atoms with Crippen LogP contribution in [-0.4, -0.2) is 46.1 Å². The van der Waals surface area contributed by atoms with E-state index in [4.69, 9.17) is 9.47 Å². The predicted octanol–water partition coefficient (Wildman–Crippen LogP) is 5.23. The van der Waals surface area contributed by atoms with Gasteiger partial charge in [0.1, 0.15) is 5.75 Å². The number of methoxy groups -OCH3 is 1. The van der Waals surface area contributed by atoms with Gasteiger partial charge in [-0.25, -0.2) is 0 Å². The molecule has 0 saturated carbocycles. The summed E-state index contributed by atoms with van der Waals surface area (Å²) >= 11 is 1.43.